The van der Waals surface area contributed by atoms with Gasteiger partial charge >= 0.3 is 11.9 Å². The lowest BCUT2D eigenvalue weighted by Gasteiger charge is -2.16. The van der Waals surface area contributed by atoms with E-state index < -0.39 is 11.9 Å². The molecule has 2 aromatic carbocycles. The highest BCUT2D eigenvalue weighted by Gasteiger charge is 2.32. The summed E-state index contributed by atoms with van der Waals surface area (Å²) < 4.78 is 10.3. The van der Waals surface area contributed by atoms with Crippen LogP contribution in [0, 0.1) is 11.8 Å². The molecule has 0 saturated carbocycles. The third-order valence-corrected chi connectivity index (χ3v) is 6.93. The maximum absolute atomic E-state index is 11.0. The molecule has 4 atom stereocenters. The number of hydrogen-bond donors (Lipinski definition) is 2. The molecule has 32 heavy (non-hydrogen) atoms. The predicted octanol–water partition coefficient (Wildman–Crippen LogP) is 4.89. The summed E-state index contributed by atoms with van der Waals surface area (Å²) in [6.07, 6.45) is 3.76. The van der Waals surface area contributed by atoms with Crippen LogP contribution in [0.4, 0.5) is 0 Å². The Labute approximate surface area is 189 Å². The minimum absolute atomic E-state index is 0.151. The molecule has 0 radical (unpaired) electrons. The molecule has 2 aliphatic rings. The van der Waals surface area contributed by atoms with Crippen LogP contribution in [0.2, 0.25) is 0 Å². The Balaban J connectivity index is 0.000000181. The molecular weight excluding hydrogens is 408 g/mol. The Kier molecular flexibility index (Phi) is 7.44. The lowest BCUT2D eigenvalue weighted by atomic mass is 9.89. The highest BCUT2D eigenvalue weighted by Crippen LogP contribution is 2.40. The van der Waals surface area contributed by atoms with Crippen LogP contribution in [0.5, 0.6) is 11.5 Å². The molecule has 0 aromatic heterocycles. The first-order valence-electron chi connectivity index (χ1n) is 11.1. The summed E-state index contributed by atoms with van der Waals surface area (Å²) in [5.41, 5.74) is 4.82. The monoisotopic (exact) mass is 440 g/mol. The molecule has 0 unspecified atom stereocenters. The summed E-state index contributed by atoms with van der Waals surface area (Å²) in [6.45, 7) is 3.57. The number of rotatable bonds is 6. The second-order valence-electron chi connectivity index (χ2n) is 8.67. The number of hydrogen-bond acceptors (Lipinski definition) is 4. The van der Waals surface area contributed by atoms with E-state index in [9.17, 15) is 9.59 Å². The van der Waals surface area contributed by atoms with Gasteiger partial charge in [-0.25, -0.2) is 0 Å². The standard InChI is InChI=1S/2C13H16O3/c2*1-8(13(14)15)11-5-3-9-7-10(16-2)4-6-12(9)11/h2*4,6-8,11H,3,5H2,1-2H3,(H,14,15)/t2*8-,11-/m10/s1. The van der Waals surface area contributed by atoms with Gasteiger partial charge in [-0.2, -0.15) is 0 Å². The highest BCUT2D eigenvalue weighted by molar-refractivity contribution is 5.72. The van der Waals surface area contributed by atoms with Gasteiger partial charge in [0, 0.05) is 0 Å². The third-order valence-electron chi connectivity index (χ3n) is 6.93. The number of carboxylic acids is 2. The van der Waals surface area contributed by atoms with Gasteiger partial charge in [0.2, 0.25) is 0 Å². The molecule has 0 aliphatic heterocycles. The van der Waals surface area contributed by atoms with E-state index in [2.05, 4.69) is 0 Å². The quantitative estimate of drug-likeness (QED) is 0.664. The van der Waals surface area contributed by atoms with Gasteiger partial charge in [-0.05, 0) is 84.0 Å². The number of carboxylic acid groups (broad SMARTS) is 2. The van der Waals surface area contributed by atoms with Crippen LogP contribution in [0.25, 0.3) is 0 Å². The van der Waals surface area contributed by atoms with E-state index in [0.29, 0.717) is 0 Å². The van der Waals surface area contributed by atoms with E-state index in [1.807, 2.05) is 36.4 Å². The summed E-state index contributed by atoms with van der Waals surface area (Å²) in [6, 6.07) is 11.9. The van der Waals surface area contributed by atoms with Crippen LogP contribution >= 0.6 is 0 Å². The summed E-state index contributed by atoms with van der Waals surface area (Å²) in [4.78, 5) is 22.0. The van der Waals surface area contributed by atoms with Gasteiger partial charge in [0.15, 0.2) is 0 Å². The van der Waals surface area contributed by atoms with Crippen molar-refractivity contribution in [3.8, 4) is 11.5 Å². The molecule has 6 heteroatoms. The van der Waals surface area contributed by atoms with Gasteiger partial charge in [-0.1, -0.05) is 26.0 Å². The number of aliphatic carboxylic acids is 2. The van der Waals surface area contributed by atoms with Crippen molar-refractivity contribution in [2.24, 2.45) is 11.8 Å². The van der Waals surface area contributed by atoms with Crippen LogP contribution in [-0.2, 0) is 22.4 Å². The van der Waals surface area contributed by atoms with E-state index in [1.54, 1.807) is 28.1 Å². The van der Waals surface area contributed by atoms with E-state index in [0.717, 1.165) is 37.2 Å². The minimum Gasteiger partial charge on any atom is -0.497 e. The van der Waals surface area contributed by atoms with Gasteiger partial charge in [-0.15, -0.1) is 0 Å². The van der Waals surface area contributed by atoms with Crippen molar-refractivity contribution in [2.75, 3.05) is 14.2 Å². The molecule has 6 nitrogen and oxygen atoms in total. The Hall–Kier alpha value is -3.02. The fourth-order valence-electron chi connectivity index (χ4n) is 4.89. The fourth-order valence-corrected chi connectivity index (χ4v) is 4.89. The molecule has 4 rings (SSSR count). The Morgan fingerprint density at radius 3 is 1.47 bits per heavy atom. The van der Waals surface area contributed by atoms with E-state index in [4.69, 9.17) is 19.7 Å². The Bertz CT molecular complexity index is 903. The van der Waals surface area contributed by atoms with Crippen LogP contribution in [0.15, 0.2) is 36.4 Å². The number of fused-ring (bicyclic) bond motifs is 2. The molecule has 0 fully saturated rings. The Morgan fingerprint density at radius 2 is 1.16 bits per heavy atom. The average molecular weight is 441 g/mol. The second kappa shape index (κ2) is 10.1. The van der Waals surface area contributed by atoms with E-state index >= 15 is 0 Å². The minimum atomic E-state index is -0.714. The third kappa shape index (κ3) is 4.90. The number of ether oxygens (including phenoxy) is 2. The molecule has 0 bridgehead atoms. The highest BCUT2D eigenvalue weighted by atomic mass is 16.5. The van der Waals surface area contributed by atoms with Crippen molar-refractivity contribution in [1.29, 1.82) is 0 Å². The van der Waals surface area contributed by atoms with Gasteiger partial charge in [0.1, 0.15) is 11.5 Å². The molecular formula is C26H32O6. The zero-order valence-electron chi connectivity index (χ0n) is 19.1. The lowest BCUT2D eigenvalue weighted by Crippen LogP contribution is -2.17. The van der Waals surface area contributed by atoms with Crippen LogP contribution in [0.1, 0.15) is 60.8 Å². The van der Waals surface area contributed by atoms with Crippen molar-refractivity contribution >= 4 is 11.9 Å². The molecule has 0 heterocycles. The van der Waals surface area contributed by atoms with Crippen molar-refractivity contribution < 1.29 is 29.3 Å². The Morgan fingerprint density at radius 1 is 0.781 bits per heavy atom. The molecule has 0 spiro atoms. The molecule has 2 aliphatic carbocycles. The fraction of sp³-hybridized carbons (Fsp3) is 0.462. The first-order valence-corrected chi connectivity index (χ1v) is 11.1. The van der Waals surface area contributed by atoms with Gasteiger partial charge in [-0.3, -0.25) is 9.59 Å². The van der Waals surface area contributed by atoms with Crippen molar-refractivity contribution in [1.82, 2.24) is 0 Å². The number of aryl methyl sites for hydroxylation is 2. The summed E-state index contributed by atoms with van der Waals surface area (Å²) in [5.74, 6) is -0.0480. The van der Waals surface area contributed by atoms with Crippen molar-refractivity contribution in [2.45, 2.75) is 51.4 Å². The topological polar surface area (TPSA) is 93.1 Å². The normalized spacial score (nSPS) is 20.2. The van der Waals surface area contributed by atoms with Crippen LogP contribution < -0.4 is 9.47 Å². The maximum Gasteiger partial charge on any atom is 0.306 e. The molecule has 0 saturated heterocycles. The summed E-state index contributed by atoms with van der Waals surface area (Å²) in [7, 11) is 3.29. The average Bonchev–Trinajstić information content (AvgIpc) is 3.41. The van der Waals surface area contributed by atoms with E-state index in [1.165, 1.54) is 22.3 Å². The van der Waals surface area contributed by atoms with E-state index in [-0.39, 0.29) is 23.7 Å². The second-order valence-corrected chi connectivity index (χ2v) is 8.67. The van der Waals surface area contributed by atoms with Gasteiger partial charge in [0.25, 0.3) is 0 Å². The molecule has 2 aromatic rings. The summed E-state index contributed by atoms with van der Waals surface area (Å²) >= 11 is 0. The lowest BCUT2D eigenvalue weighted by molar-refractivity contribution is -0.142. The zero-order chi connectivity index (χ0) is 23.4. The van der Waals surface area contributed by atoms with Crippen molar-refractivity contribution in [3.05, 3.63) is 58.7 Å². The smallest absolute Gasteiger partial charge is 0.306 e. The molecule has 172 valence electrons. The van der Waals surface area contributed by atoms with Crippen LogP contribution in [0.3, 0.4) is 0 Å². The first-order chi connectivity index (χ1) is 15.3. The largest absolute Gasteiger partial charge is 0.497 e. The van der Waals surface area contributed by atoms with Gasteiger partial charge in [0.05, 0.1) is 26.1 Å². The van der Waals surface area contributed by atoms with Crippen LogP contribution in [-0.4, -0.2) is 36.4 Å². The molecule has 2 N–H and O–H groups in total. The van der Waals surface area contributed by atoms with Gasteiger partial charge < -0.3 is 19.7 Å². The number of benzene rings is 2. The molecule has 0 amide bonds. The van der Waals surface area contributed by atoms with Crippen molar-refractivity contribution in [3.63, 3.8) is 0 Å². The summed E-state index contributed by atoms with van der Waals surface area (Å²) in [5, 5.41) is 18.1. The zero-order valence-corrected chi connectivity index (χ0v) is 19.1. The SMILES string of the molecule is COc1ccc2c(c1)CC[C@@H]2[C@@H](C)C(=O)O.COc1ccc2c(c1)CC[C@H]2[C@H](C)C(=O)O. The number of methoxy groups -OCH3 is 2. The predicted molar refractivity (Wildman–Crippen MR) is 122 cm³/mol. The number of carbonyl (C=O) groups is 2. The first kappa shape index (κ1) is 23.6. The maximum atomic E-state index is 11.0.